The van der Waals surface area contributed by atoms with Crippen molar-refractivity contribution in [1.29, 1.82) is 0 Å². The monoisotopic (exact) mass is 348 g/mol. The molecule has 1 amide bonds. The Morgan fingerprint density at radius 1 is 1.47 bits per heavy atom. The third-order valence-corrected chi connectivity index (χ3v) is 3.46. The maximum atomic E-state index is 12.2. The van der Waals surface area contributed by atoms with Crippen molar-refractivity contribution in [3.8, 4) is 0 Å². The number of carbonyl (C=O) groups is 1. The zero-order valence-electron chi connectivity index (χ0n) is 11.4. The average Bonchev–Trinajstić information content (AvgIpc) is 2.37. The van der Waals surface area contributed by atoms with Crippen LogP contribution in [0.25, 0.3) is 0 Å². The lowest BCUT2D eigenvalue weighted by atomic mass is 10.1. The number of carbonyl (C=O) groups excluding carboxylic acids is 1. The molecule has 0 radical (unpaired) electrons. The second kappa shape index (κ2) is 9.34. The van der Waals surface area contributed by atoms with E-state index in [1.165, 1.54) is 0 Å². The van der Waals surface area contributed by atoms with Gasteiger partial charge in [0.1, 0.15) is 0 Å². The van der Waals surface area contributed by atoms with E-state index in [-0.39, 0.29) is 24.4 Å². The topological polar surface area (TPSA) is 55.1 Å². The molecule has 0 aliphatic rings. The summed E-state index contributed by atoms with van der Waals surface area (Å²) in [7, 11) is 0. The lowest BCUT2D eigenvalue weighted by Gasteiger charge is -2.17. The molecule has 3 N–H and O–H groups in total. The van der Waals surface area contributed by atoms with E-state index in [2.05, 4.69) is 28.2 Å². The first kappa shape index (κ1) is 18.4. The average molecular weight is 350 g/mol. The normalized spacial score (nSPS) is 11.6. The highest BCUT2D eigenvalue weighted by molar-refractivity contribution is 9.10. The standard InChI is InChI=1S/C14H21BrN2O.ClH/c1-3-4-5-12(9-16)17-14(18)13-8-11(15)7-6-10(13)2;/h6-8,12H,3-5,9,16H2,1-2H3,(H,17,18);1H. The fraction of sp³-hybridized carbons (Fsp3) is 0.500. The minimum atomic E-state index is -0.0413. The Bertz CT molecular complexity index is 412. The van der Waals surface area contributed by atoms with Crippen molar-refractivity contribution in [3.05, 3.63) is 33.8 Å². The van der Waals surface area contributed by atoms with Crippen molar-refractivity contribution >= 4 is 34.2 Å². The van der Waals surface area contributed by atoms with Gasteiger partial charge in [0.2, 0.25) is 0 Å². The van der Waals surface area contributed by atoms with E-state index >= 15 is 0 Å². The van der Waals surface area contributed by atoms with Gasteiger partial charge in [-0.15, -0.1) is 12.4 Å². The second-order valence-electron chi connectivity index (χ2n) is 4.51. The Labute approximate surface area is 129 Å². The van der Waals surface area contributed by atoms with Crippen LogP contribution in [0.15, 0.2) is 22.7 Å². The lowest BCUT2D eigenvalue weighted by Crippen LogP contribution is -2.40. The molecule has 1 rings (SSSR count). The van der Waals surface area contributed by atoms with Gasteiger partial charge in [-0.3, -0.25) is 4.79 Å². The first-order chi connectivity index (χ1) is 8.58. The zero-order chi connectivity index (χ0) is 13.5. The first-order valence-electron chi connectivity index (χ1n) is 6.35. The van der Waals surface area contributed by atoms with E-state index in [1.54, 1.807) is 0 Å². The van der Waals surface area contributed by atoms with Crippen molar-refractivity contribution in [3.63, 3.8) is 0 Å². The van der Waals surface area contributed by atoms with Crippen LogP contribution < -0.4 is 11.1 Å². The number of rotatable bonds is 6. The number of benzene rings is 1. The highest BCUT2D eigenvalue weighted by atomic mass is 79.9. The lowest BCUT2D eigenvalue weighted by molar-refractivity contribution is 0.0935. The van der Waals surface area contributed by atoms with Gasteiger partial charge < -0.3 is 11.1 Å². The van der Waals surface area contributed by atoms with Crippen LogP contribution in [0, 0.1) is 6.92 Å². The molecule has 1 atom stereocenters. The third kappa shape index (κ3) is 5.93. The number of amides is 1. The molecule has 1 aromatic rings. The largest absolute Gasteiger partial charge is 0.348 e. The molecule has 0 bridgehead atoms. The summed E-state index contributed by atoms with van der Waals surface area (Å²) in [5, 5.41) is 3.00. The van der Waals surface area contributed by atoms with Crippen molar-refractivity contribution < 1.29 is 4.79 Å². The van der Waals surface area contributed by atoms with Crippen LogP contribution in [0.1, 0.15) is 42.1 Å². The highest BCUT2D eigenvalue weighted by Gasteiger charge is 2.14. The van der Waals surface area contributed by atoms with E-state index in [4.69, 9.17) is 5.73 Å². The minimum absolute atomic E-state index is 0. The Morgan fingerprint density at radius 2 is 2.16 bits per heavy atom. The molecule has 3 nitrogen and oxygen atoms in total. The Balaban J connectivity index is 0.00000324. The van der Waals surface area contributed by atoms with Gasteiger partial charge >= 0.3 is 0 Å². The number of hydrogen-bond donors (Lipinski definition) is 2. The number of halogens is 2. The van der Waals surface area contributed by atoms with Crippen LogP contribution >= 0.6 is 28.3 Å². The summed E-state index contributed by atoms with van der Waals surface area (Å²) in [6.45, 7) is 4.55. The van der Waals surface area contributed by atoms with Crippen LogP contribution in [0.5, 0.6) is 0 Å². The van der Waals surface area contributed by atoms with Gasteiger partial charge in [0.05, 0.1) is 0 Å². The van der Waals surface area contributed by atoms with E-state index in [0.717, 1.165) is 29.3 Å². The summed E-state index contributed by atoms with van der Waals surface area (Å²) >= 11 is 3.39. The van der Waals surface area contributed by atoms with Gasteiger partial charge in [-0.25, -0.2) is 0 Å². The van der Waals surface area contributed by atoms with Crippen molar-refractivity contribution in [2.24, 2.45) is 5.73 Å². The molecule has 1 unspecified atom stereocenters. The van der Waals surface area contributed by atoms with Crippen LogP contribution in [-0.2, 0) is 0 Å². The molecule has 0 fully saturated rings. The summed E-state index contributed by atoms with van der Waals surface area (Å²) in [5.74, 6) is -0.0413. The van der Waals surface area contributed by atoms with Crippen molar-refractivity contribution in [2.45, 2.75) is 39.2 Å². The summed E-state index contributed by atoms with van der Waals surface area (Å²) in [6.07, 6.45) is 3.13. The predicted octanol–water partition coefficient (Wildman–Crippen LogP) is 3.43. The van der Waals surface area contributed by atoms with Crippen LogP contribution in [0.4, 0.5) is 0 Å². The molecule has 0 aromatic heterocycles. The fourth-order valence-corrected chi connectivity index (χ4v) is 2.16. The number of unbranched alkanes of at least 4 members (excludes halogenated alkanes) is 1. The third-order valence-electron chi connectivity index (χ3n) is 2.97. The van der Waals surface area contributed by atoms with Gasteiger partial charge in [-0.2, -0.15) is 0 Å². The molecule has 0 heterocycles. The zero-order valence-corrected chi connectivity index (χ0v) is 13.8. The molecule has 19 heavy (non-hydrogen) atoms. The quantitative estimate of drug-likeness (QED) is 0.826. The van der Waals surface area contributed by atoms with Gasteiger partial charge in [0.15, 0.2) is 0 Å². The maximum Gasteiger partial charge on any atom is 0.251 e. The minimum Gasteiger partial charge on any atom is -0.348 e. The maximum absolute atomic E-state index is 12.2. The molecule has 0 spiro atoms. The first-order valence-corrected chi connectivity index (χ1v) is 7.14. The molecular weight excluding hydrogens is 328 g/mol. The van der Waals surface area contributed by atoms with Crippen molar-refractivity contribution in [1.82, 2.24) is 5.32 Å². The Kier molecular flexibility index (Phi) is 9.06. The molecule has 0 saturated carbocycles. The second-order valence-corrected chi connectivity index (χ2v) is 5.42. The summed E-state index contributed by atoms with van der Waals surface area (Å²) < 4.78 is 0.913. The highest BCUT2D eigenvalue weighted by Crippen LogP contribution is 2.16. The Morgan fingerprint density at radius 3 is 2.74 bits per heavy atom. The summed E-state index contributed by atoms with van der Waals surface area (Å²) in [5.41, 5.74) is 7.37. The van der Waals surface area contributed by atoms with Crippen LogP contribution in [0.2, 0.25) is 0 Å². The van der Waals surface area contributed by atoms with Crippen LogP contribution in [-0.4, -0.2) is 18.5 Å². The van der Waals surface area contributed by atoms with Gasteiger partial charge in [0, 0.05) is 22.6 Å². The van der Waals surface area contributed by atoms with E-state index < -0.39 is 0 Å². The summed E-state index contributed by atoms with van der Waals surface area (Å²) in [6, 6.07) is 5.78. The number of hydrogen-bond acceptors (Lipinski definition) is 2. The number of nitrogens with two attached hydrogens (primary N) is 1. The molecule has 5 heteroatoms. The molecule has 0 saturated heterocycles. The van der Waals surface area contributed by atoms with Gasteiger partial charge in [-0.05, 0) is 31.0 Å². The van der Waals surface area contributed by atoms with E-state index in [9.17, 15) is 4.79 Å². The fourth-order valence-electron chi connectivity index (χ4n) is 1.80. The van der Waals surface area contributed by atoms with E-state index in [1.807, 2.05) is 25.1 Å². The van der Waals surface area contributed by atoms with Crippen LogP contribution in [0.3, 0.4) is 0 Å². The molecule has 1 aromatic carbocycles. The molecule has 0 aliphatic carbocycles. The van der Waals surface area contributed by atoms with Crippen molar-refractivity contribution in [2.75, 3.05) is 6.54 Å². The smallest absolute Gasteiger partial charge is 0.251 e. The molecule has 108 valence electrons. The number of nitrogens with one attached hydrogen (secondary N) is 1. The Hall–Kier alpha value is -0.580. The summed E-state index contributed by atoms with van der Waals surface area (Å²) in [4.78, 5) is 12.2. The molecule has 0 aliphatic heterocycles. The SMILES string of the molecule is CCCCC(CN)NC(=O)c1cc(Br)ccc1C.Cl. The van der Waals surface area contributed by atoms with Gasteiger partial charge in [-0.1, -0.05) is 41.8 Å². The number of aryl methyl sites for hydroxylation is 1. The van der Waals surface area contributed by atoms with Gasteiger partial charge in [0.25, 0.3) is 5.91 Å². The molecular formula is C14H22BrClN2O. The van der Waals surface area contributed by atoms with E-state index in [0.29, 0.717) is 12.1 Å². The predicted molar refractivity (Wildman–Crippen MR) is 86.0 cm³/mol.